The summed E-state index contributed by atoms with van der Waals surface area (Å²) in [5.41, 5.74) is 6.11. The first-order valence-corrected chi connectivity index (χ1v) is 6.82. The molecule has 0 amide bonds. The van der Waals surface area contributed by atoms with Gasteiger partial charge in [-0.3, -0.25) is 0 Å². The Morgan fingerprint density at radius 1 is 1.31 bits per heavy atom. The summed E-state index contributed by atoms with van der Waals surface area (Å²) in [6.45, 7) is 4.53. The molecule has 3 aliphatic rings. The zero-order valence-corrected chi connectivity index (χ0v) is 10.2. The maximum Gasteiger partial charge on any atom is 0.191 e. The molecule has 0 aromatic heterocycles. The number of nitrogens with zero attached hydrogens (tertiary/aromatic N) is 2. The smallest absolute Gasteiger partial charge is 0.191 e. The van der Waals surface area contributed by atoms with E-state index in [4.69, 9.17) is 10.7 Å². The highest BCUT2D eigenvalue weighted by Crippen LogP contribution is 2.51. The van der Waals surface area contributed by atoms with Gasteiger partial charge in [0.1, 0.15) is 0 Å². The summed E-state index contributed by atoms with van der Waals surface area (Å²) in [5.74, 6) is 3.49. The minimum Gasteiger partial charge on any atom is -0.370 e. The number of rotatable bonds is 2. The van der Waals surface area contributed by atoms with Crippen LogP contribution >= 0.6 is 0 Å². The third kappa shape index (κ3) is 2.18. The van der Waals surface area contributed by atoms with Crippen LogP contribution in [-0.4, -0.2) is 30.0 Å². The molecule has 1 aliphatic heterocycles. The summed E-state index contributed by atoms with van der Waals surface area (Å²) in [4.78, 5) is 7.00. The lowest BCUT2D eigenvalue weighted by molar-refractivity contribution is 0.270. The predicted octanol–water partition coefficient (Wildman–Crippen LogP) is 1.83. The lowest BCUT2D eigenvalue weighted by Crippen LogP contribution is -2.43. The van der Waals surface area contributed by atoms with Crippen molar-refractivity contribution in [3.63, 3.8) is 0 Å². The van der Waals surface area contributed by atoms with Crippen LogP contribution in [0.25, 0.3) is 0 Å². The Labute approximate surface area is 98.1 Å². The summed E-state index contributed by atoms with van der Waals surface area (Å²) < 4.78 is 0. The van der Waals surface area contributed by atoms with Gasteiger partial charge in [-0.2, -0.15) is 0 Å². The fraction of sp³-hybridized carbons (Fsp3) is 0.923. The fourth-order valence-corrected chi connectivity index (χ4v) is 3.03. The highest BCUT2D eigenvalue weighted by Gasteiger charge is 2.47. The molecule has 1 heterocycles. The Hall–Kier alpha value is -0.730. The monoisotopic (exact) mass is 221 g/mol. The summed E-state index contributed by atoms with van der Waals surface area (Å²) in [6.07, 6.45) is 6.80. The van der Waals surface area contributed by atoms with E-state index in [-0.39, 0.29) is 0 Å². The van der Waals surface area contributed by atoms with E-state index in [0.717, 1.165) is 36.8 Å². The summed E-state index contributed by atoms with van der Waals surface area (Å²) in [6, 6.07) is 0.574. The fourth-order valence-electron chi connectivity index (χ4n) is 3.03. The first-order chi connectivity index (χ1) is 7.74. The number of hydrogen-bond acceptors (Lipinski definition) is 1. The van der Waals surface area contributed by atoms with Gasteiger partial charge in [-0.05, 0) is 49.9 Å². The molecule has 0 radical (unpaired) electrons. The molecule has 3 nitrogen and oxygen atoms in total. The van der Waals surface area contributed by atoms with Crippen LogP contribution in [0.5, 0.6) is 0 Å². The molecule has 90 valence electrons. The minimum atomic E-state index is 0.574. The van der Waals surface area contributed by atoms with Crippen LogP contribution in [-0.2, 0) is 0 Å². The van der Waals surface area contributed by atoms with E-state index >= 15 is 0 Å². The van der Waals surface area contributed by atoms with Crippen LogP contribution in [0.1, 0.15) is 39.0 Å². The van der Waals surface area contributed by atoms with Gasteiger partial charge in [0.25, 0.3) is 0 Å². The van der Waals surface area contributed by atoms with Crippen molar-refractivity contribution in [2.75, 3.05) is 13.1 Å². The molecule has 16 heavy (non-hydrogen) atoms. The van der Waals surface area contributed by atoms with Crippen molar-refractivity contribution in [2.45, 2.75) is 45.1 Å². The molecule has 3 rings (SSSR count). The first-order valence-electron chi connectivity index (χ1n) is 6.82. The van der Waals surface area contributed by atoms with Gasteiger partial charge in [0, 0.05) is 13.1 Å². The lowest BCUT2D eigenvalue weighted by Gasteiger charge is -2.31. The van der Waals surface area contributed by atoms with Crippen LogP contribution < -0.4 is 5.73 Å². The third-order valence-corrected chi connectivity index (χ3v) is 4.31. The SMILES string of the molecule is CC1CCCN(C(N)=N[C@@H]2C[C@H]2C2CC2)C1. The number of nitrogens with two attached hydrogens (primary N) is 1. The van der Waals surface area contributed by atoms with Crippen LogP contribution in [0, 0.1) is 17.8 Å². The maximum absolute atomic E-state index is 6.11. The third-order valence-electron chi connectivity index (χ3n) is 4.31. The second-order valence-corrected chi connectivity index (χ2v) is 5.99. The summed E-state index contributed by atoms with van der Waals surface area (Å²) in [5, 5.41) is 0. The van der Waals surface area contributed by atoms with Gasteiger partial charge in [0.2, 0.25) is 0 Å². The van der Waals surface area contributed by atoms with Crippen molar-refractivity contribution in [2.24, 2.45) is 28.5 Å². The van der Waals surface area contributed by atoms with Crippen LogP contribution in [0.4, 0.5) is 0 Å². The molecule has 0 spiro atoms. The average Bonchev–Trinajstić information content (AvgIpc) is 3.11. The summed E-state index contributed by atoms with van der Waals surface area (Å²) in [7, 11) is 0. The first kappa shape index (κ1) is 10.4. The highest BCUT2D eigenvalue weighted by molar-refractivity contribution is 5.78. The molecule has 2 saturated carbocycles. The van der Waals surface area contributed by atoms with Gasteiger partial charge in [-0.1, -0.05) is 6.92 Å². The van der Waals surface area contributed by atoms with Crippen molar-refractivity contribution in [3.05, 3.63) is 0 Å². The average molecular weight is 221 g/mol. The zero-order valence-electron chi connectivity index (χ0n) is 10.2. The van der Waals surface area contributed by atoms with Crippen molar-refractivity contribution >= 4 is 5.96 Å². The Morgan fingerprint density at radius 3 is 2.81 bits per heavy atom. The largest absolute Gasteiger partial charge is 0.370 e. The topological polar surface area (TPSA) is 41.6 Å². The molecule has 1 unspecified atom stereocenters. The second kappa shape index (κ2) is 3.94. The Balaban J connectivity index is 1.55. The van der Waals surface area contributed by atoms with E-state index in [9.17, 15) is 0 Å². The van der Waals surface area contributed by atoms with E-state index < -0.39 is 0 Å². The number of aliphatic imine (C=N–C) groups is 1. The number of guanidine groups is 1. The molecule has 0 bridgehead atoms. The van der Waals surface area contributed by atoms with E-state index in [1.807, 2.05) is 0 Å². The molecule has 2 aliphatic carbocycles. The van der Waals surface area contributed by atoms with Gasteiger partial charge in [0.15, 0.2) is 5.96 Å². The van der Waals surface area contributed by atoms with Gasteiger partial charge in [0.05, 0.1) is 6.04 Å². The zero-order chi connectivity index (χ0) is 11.1. The van der Waals surface area contributed by atoms with Crippen molar-refractivity contribution in [3.8, 4) is 0 Å². The molecule has 3 atom stereocenters. The van der Waals surface area contributed by atoms with Crippen molar-refractivity contribution in [1.29, 1.82) is 0 Å². The van der Waals surface area contributed by atoms with Crippen LogP contribution in [0.2, 0.25) is 0 Å². The van der Waals surface area contributed by atoms with Crippen molar-refractivity contribution in [1.82, 2.24) is 4.90 Å². The Morgan fingerprint density at radius 2 is 2.12 bits per heavy atom. The predicted molar refractivity (Wildman–Crippen MR) is 66.2 cm³/mol. The molecule has 1 saturated heterocycles. The quantitative estimate of drug-likeness (QED) is 0.571. The molecular formula is C13H23N3. The maximum atomic E-state index is 6.11. The van der Waals surface area contributed by atoms with E-state index in [1.165, 1.54) is 32.1 Å². The summed E-state index contributed by atoms with van der Waals surface area (Å²) >= 11 is 0. The van der Waals surface area contributed by atoms with Crippen LogP contribution in [0.3, 0.4) is 0 Å². The van der Waals surface area contributed by atoms with Gasteiger partial charge >= 0.3 is 0 Å². The molecule has 3 fully saturated rings. The number of likely N-dealkylation sites (tertiary alicyclic amines) is 1. The van der Waals surface area contributed by atoms with E-state index in [2.05, 4.69) is 11.8 Å². The molecular weight excluding hydrogens is 198 g/mol. The normalized spacial score (nSPS) is 39.9. The Kier molecular flexibility index (Phi) is 2.56. The van der Waals surface area contributed by atoms with Crippen molar-refractivity contribution < 1.29 is 0 Å². The van der Waals surface area contributed by atoms with Gasteiger partial charge in [-0.25, -0.2) is 4.99 Å². The highest BCUT2D eigenvalue weighted by atomic mass is 15.3. The molecule has 0 aromatic carbocycles. The van der Waals surface area contributed by atoms with Crippen LogP contribution in [0.15, 0.2) is 4.99 Å². The Bertz CT molecular complexity index is 296. The minimum absolute atomic E-state index is 0.574. The van der Waals surface area contributed by atoms with Gasteiger partial charge < -0.3 is 10.6 Å². The molecule has 3 heteroatoms. The lowest BCUT2D eigenvalue weighted by atomic mass is 10.0. The standard InChI is InChI=1S/C13H23N3/c1-9-3-2-6-16(8-9)13(14)15-12-7-11(12)10-4-5-10/h9-12H,2-8H2,1H3,(H2,14,15)/t9?,11-,12+/m0/s1. The number of hydrogen-bond donors (Lipinski definition) is 1. The van der Waals surface area contributed by atoms with E-state index in [0.29, 0.717) is 6.04 Å². The number of piperidine rings is 1. The molecule has 2 N–H and O–H groups in total. The van der Waals surface area contributed by atoms with Gasteiger partial charge in [-0.15, -0.1) is 0 Å². The second-order valence-electron chi connectivity index (χ2n) is 5.99. The van der Waals surface area contributed by atoms with E-state index in [1.54, 1.807) is 0 Å². The molecule has 0 aromatic rings.